The first kappa shape index (κ1) is 15.2. The maximum atomic E-state index is 10.6. The molecule has 1 aromatic rings. The summed E-state index contributed by atoms with van der Waals surface area (Å²) in [4.78, 5) is 12.7. The Balaban J connectivity index is 1.85. The summed E-state index contributed by atoms with van der Waals surface area (Å²) in [6, 6.07) is 4.99. The van der Waals surface area contributed by atoms with E-state index in [9.17, 15) is 10.1 Å². The molecule has 1 aliphatic heterocycles. The van der Waals surface area contributed by atoms with Crippen molar-refractivity contribution in [1.82, 2.24) is 10.2 Å². The van der Waals surface area contributed by atoms with Crippen LogP contribution in [-0.2, 0) is 6.54 Å². The number of hydrogen-bond acceptors (Lipinski definition) is 4. The van der Waals surface area contributed by atoms with Crippen LogP contribution in [0.2, 0.25) is 5.02 Å². The second-order valence-electron chi connectivity index (χ2n) is 5.32. The molecule has 0 amide bonds. The highest BCUT2D eigenvalue weighted by Gasteiger charge is 2.15. The van der Waals surface area contributed by atoms with Crippen LogP contribution < -0.4 is 5.32 Å². The van der Waals surface area contributed by atoms with E-state index in [-0.39, 0.29) is 5.69 Å². The Kier molecular flexibility index (Phi) is 5.34. The molecule has 110 valence electrons. The molecule has 2 rings (SSSR count). The van der Waals surface area contributed by atoms with E-state index in [4.69, 9.17) is 11.6 Å². The molecule has 6 heteroatoms. The maximum absolute atomic E-state index is 10.6. The van der Waals surface area contributed by atoms with Crippen LogP contribution in [0.25, 0.3) is 0 Å². The van der Waals surface area contributed by atoms with Crippen molar-refractivity contribution in [3.63, 3.8) is 0 Å². The fourth-order valence-electron chi connectivity index (χ4n) is 2.49. The van der Waals surface area contributed by atoms with Gasteiger partial charge in [0.15, 0.2) is 0 Å². The normalized spacial score (nSPS) is 17.3. The van der Waals surface area contributed by atoms with E-state index in [0.717, 1.165) is 12.1 Å². The number of nitro benzene ring substituents is 1. The lowest BCUT2D eigenvalue weighted by Gasteiger charge is -2.21. The Labute approximate surface area is 124 Å². The van der Waals surface area contributed by atoms with Crippen molar-refractivity contribution < 1.29 is 4.92 Å². The fourth-order valence-corrected chi connectivity index (χ4v) is 2.74. The first-order valence-electron chi connectivity index (χ1n) is 6.95. The van der Waals surface area contributed by atoms with Gasteiger partial charge in [-0.3, -0.25) is 10.1 Å². The van der Waals surface area contributed by atoms with Gasteiger partial charge in [0, 0.05) is 31.3 Å². The van der Waals surface area contributed by atoms with Crippen molar-refractivity contribution in [2.75, 3.05) is 19.6 Å². The number of hydrogen-bond donors (Lipinski definition) is 1. The minimum absolute atomic E-state index is 0.0314. The summed E-state index contributed by atoms with van der Waals surface area (Å²) in [6.07, 6.45) is 2.59. The summed E-state index contributed by atoms with van der Waals surface area (Å²) in [5, 5.41) is 14.5. The summed E-state index contributed by atoms with van der Waals surface area (Å²) in [6.45, 7) is 6.18. The third-order valence-corrected chi connectivity index (χ3v) is 3.97. The number of nitrogens with zero attached hydrogens (tertiary/aromatic N) is 2. The number of non-ortho nitro benzene ring substituents is 1. The Bertz CT molecular complexity index is 475. The van der Waals surface area contributed by atoms with E-state index in [1.54, 1.807) is 6.07 Å². The zero-order valence-electron chi connectivity index (χ0n) is 11.6. The average molecular weight is 298 g/mol. The lowest BCUT2D eigenvalue weighted by atomic mass is 10.2. The van der Waals surface area contributed by atoms with Crippen molar-refractivity contribution in [1.29, 1.82) is 0 Å². The molecule has 0 bridgehead atoms. The van der Waals surface area contributed by atoms with E-state index in [0.29, 0.717) is 17.6 Å². The first-order valence-corrected chi connectivity index (χ1v) is 7.32. The Morgan fingerprint density at radius 1 is 1.45 bits per heavy atom. The summed E-state index contributed by atoms with van der Waals surface area (Å²) in [5.41, 5.74) is 0.925. The Morgan fingerprint density at radius 2 is 2.15 bits per heavy atom. The van der Waals surface area contributed by atoms with Crippen LogP contribution in [0.5, 0.6) is 0 Å². The van der Waals surface area contributed by atoms with Crippen molar-refractivity contribution in [2.45, 2.75) is 32.4 Å². The smallest absolute Gasteiger partial charge is 0.270 e. The van der Waals surface area contributed by atoms with Gasteiger partial charge in [0.2, 0.25) is 0 Å². The van der Waals surface area contributed by atoms with Gasteiger partial charge >= 0.3 is 0 Å². The molecule has 1 fully saturated rings. The minimum atomic E-state index is -0.431. The van der Waals surface area contributed by atoms with Crippen LogP contribution in [0.15, 0.2) is 18.2 Å². The number of nitrogens with one attached hydrogen (secondary N) is 1. The zero-order chi connectivity index (χ0) is 14.5. The van der Waals surface area contributed by atoms with Gasteiger partial charge in [-0.2, -0.15) is 0 Å². The van der Waals surface area contributed by atoms with Gasteiger partial charge in [0.25, 0.3) is 5.69 Å². The van der Waals surface area contributed by atoms with Gasteiger partial charge in [-0.1, -0.05) is 11.6 Å². The monoisotopic (exact) mass is 297 g/mol. The molecular formula is C14H20ClN3O2. The van der Waals surface area contributed by atoms with Crippen LogP contribution in [0.3, 0.4) is 0 Å². The summed E-state index contributed by atoms with van der Waals surface area (Å²) in [7, 11) is 0. The third kappa shape index (κ3) is 4.16. The average Bonchev–Trinajstić information content (AvgIpc) is 2.90. The second-order valence-corrected chi connectivity index (χ2v) is 5.73. The number of nitro groups is 1. The van der Waals surface area contributed by atoms with Crippen molar-refractivity contribution in [3.05, 3.63) is 38.9 Å². The zero-order valence-corrected chi connectivity index (χ0v) is 12.4. The molecule has 0 radical (unpaired) electrons. The predicted octanol–water partition coefficient (Wildman–Crippen LogP) is 2.82. The number of benzene rings is 1. The van der Waals surface area contributed by atoms with E-state index in [2.05, 4.69) is 17.1 Å². The molecule has 1 saturated heterocycles. The van der Waals surface area contributed by atoms with Crippen molar-refractivity contribution >= 4 is 17.3 Å². The van der Waals surface area contributed by atoms with Gasteiger partial charge < -0.3 is 10.2 Å². The molecule has 0 aromatic heterocycles. The Hall–Kier alpha value is -1.17. The number of halogens is 1. The van der Waals surface area contributed by atoms with E-state index >= 15 is 0 Å². The molecule has 5 nitrogen and oxygen atoms in total. The summed E-state index contributed by atoms with van der Waals surface area (Å²) in [5.74, 6) is 0. The van der Waals surface area contributed by atoms with Crippen LogP contribution in [0, 0.1) is 10.1 Å². The topological polar surface area (TPSA) is 58.4 Å². The maximum Gasteiger partial charge on any atom is 0.270 e. The van der Waals surface area contributed by atoms with Gasteiger partial charge in [-0.15, -0.1) is 0 Å². The lowest BCUT2D eigenvalue weighted by Crippen LogP contribution is -2.37. The van der Waals surface area contributed by atoms with E-state index < -0.39 is 4.92 Å². The van der Waals surface area contributed by atoms with Crippen molar-refractivity contribution in [3.8, 4) is 0 Å². The van der Waals surface area contributed by atoms with Gasteiger partial charge in [-0.25, -0.2) is 0 Å². The second kappa shape index (κ2) is 7.02. The van der Waals surface area contributed by atoms with Crippen molar-refractivity contribution in [2.24, 2.45) is 0 Å². The largest absolute Gasteiger partial charge is 0.309 e. The first-order chi connectivity index (χ1) is 9.56. The van der Waals surface area contributed by atoms with E-state index in [1.807, 2.05) is 0 Å². The molecule has 0 spiro atoms. The molecule has 0 aliphatic carbocycles. The molecular weight excluding hydrogens is 278 g/mol. The standard InChI is InChI=1S/C14H20ClN3O2/c1-11(10-17-6-2-3-7-17)16-9-12-4-5-13(18(19)20)8-14(12)15/h4-5,8,11,16H,2-3,6-7,9-10H2,1H3. The summed E-state index contributed by atoms with van der Waals surface area (Å²) >= 11 is 6.07. The lowest BCUT2D eigenvalue weighted by molar-refractivity contribution is -0.384. The molecule has 1 aromatic carbocycles. The molecule has 1 atom stereocenters. The van der Waals surface area contributed by atoms with Crippen LogP contribution >= 0.6 is 11.6 Å². The number of rotatable bonds is 6. The molecule has 1 aliphatic rings. The molecule has 1 unspecified atom stereocenters. The quantitative estimate of drug-likeness (QED) is 0.648. The SMILES string of the molecule is CC(CN1CCCC1)NCc1ccc([N+](=O)[O-])cc1Cl. The van der Waals surface area contributed by atoms with Gasteiger partial charge in [0.05, 0.1) is 9.95 Å². The predicted molar refractivity (Wildman–Crippen MR) is 80.1 cm³/mol. The molecule has 20 heavy (non-hydrogen) atoms. The third-order valence-electron chi connectivity index (χ3n) is 3.62. The van der Waals surface area contributed by atoms with Crippen LogP contribution in [-0.4, -0.2) is 35.5 Å². The molecule has 1 heterocycles. The highest BCUT2D eigenvalue weighted by Crippen LogP contribution is 2.22. The highest BCUT2D eigenvalue weighted by atomic mass is 35.5. The Morgan fingerprint density at radius 3 is 2.75 bits per heavy atom. The van der Waals surface area contributed by atoms with E-state index in [1.165, 1.54) is 38.1 Å². The van der Waals surface area contributed by atoms with Crippen LogP contribution in [0.4, 0.5) is 5.69 Å². The van der Waals surface area contributed by atoms with Gasteiger partial charge in [0.1, 0.15) is 0 Å². The summed E-state index contributed by atoms with van der Waals surface area (Å²) < 4.78 is 0. The molecule has 0 saturated carbocycles. The highest BCUT2D eigenvalue weighted by molar-refractivity contribution is 6.31. The number of likely N-dealkylation sites (tertiary alicyclic amines) is 1. The minimum Gasteiger partial charge on any atom is -0.309 e. The van der Waals surface area contributed by atoms with Gasteiger partial charge in [-0.05, 0) is 44.5 Å². The fraction of sp³-hybridized carbons (Fsp3) is 0.571. The molecule has 1 N–H and O–H groups in total. The van der Waals surface area contributed by atoms with Crippen LogP contribution in [0.1, 0.15) is 25.3 Å².